The third-order valence-electron chi connectivity index (χ3n) is 10.1. The van der Waals surface area contributed by atoms with Crippen LogP contribution in [0.15, 0.2) is 24.3 Å². The van der Waals surface area contributed by atoms with Crippen LogP contribution < -0.4 is 5.32 Å². The summed E-state index contributed by atoms with van der Waals surface area (Å²) in [5, 5.41) is 32.1. The van der Waals surface area contributed by atoms with E-state index in [1.54, 1.807) is 24.1 Å². The van der Waals surface area contributed by atoms with E-state index >= 15 is 0 Å². The maximum Gasteiger partial charge on any atom is 0.336 e. The van der Waals surface area contributed by atoms with Gasteiger partial charge in [-0.1, -0.05) is 24.1 Å². The number of aryl methyl sites for hydroxylation is 1. The first-order chi connectivity index (χ1) is 26.1. The van der Waals surface area contributed by atoms with E-state index < -0.39 is 60.0 Å². The summed E-state index contributed by atoms with van der Waals surface area (Å²) >= 11 is 0. The Hall–Kier alpha value is -4.90. The number of unbranched alkanes of at least 4 members (excludes halogenated alkanes) is 1. The second-order valence-corrected chi connectivity index (χ2v) is 14.5. The van der Waals surface area contributed by atoms with Gasteiger partial charge < -0.3 is 35.3 Å². The molecule has 0 bridgehead atoms. The molecule has 0 unspecified atom stereocenters. The highest BCUT2D eigenvalue weighted by atomic mass is 16.7. The predicted molar refractivity (Wildman–Crippen MR) is 196 cm³/mol. The molecule has 0 spiro atoms. The molecule has 1 saturated heterocycles. The largest absolute Gasteiger partial charge is 0.481 e. The van der Waals surface area contributed by atoms with Gasteiger partial charge in [-0.25, -0.2) is 4.79 Å². The van der Waals surface area contributed by atoms with Crippen molar-refractivity contribution in [3.8, 4) is 0 Å². The Morgan fingerprint density at radius 2 is 1.44 bits per heavy atom. The number of imide groups is 1. The van der Waals surface area contributed by atoms with Crippen molar-refractivity contribution in [3.05, 3.63) is 35.4 Å². The monoisotopic (exact) mass is 773 g/mol. The SMILES string of the molecule is Cc1cccc(C(=O)NCCCC[C@@H](CCCN(CCN(C)CCN(CC(=O)O)C(=O)C2CCC(C(=O)ON3C(=O)CCC3=O)CC2)CC(=O)O)C(=O)O)c1. The lowest BCUT2D eigenvalue weighted by molar-refractivity contribution is -0.201. The lowest BCUT2D eigenvalue weighted by atomic mass is 9.81. The van der Waals surface area contributed by atoms with Gasteiger partial charge in [0.05, 0.1) is 18.4 Å². The Morgan fingerprint density at radius 1 is 0.818 bits per heavy atom. The molecule has 0 radical (unpaired) electrons. The Balaban J connectivity index is 1.39. The number of nitrogens with one attached hydrogen (secondary N) is 1. The van der Waals surface area contributed by atoms with E-state index in [2.05, 4.69) is 5.32 Å². The Bertz CT molecular complexity index is 1510. The summed E-state index contributed by atoms with van der Waals surface area (Å²) in [7, 11) is 1.78. The number of nitrogens with zero attached hydrogens (tertiary/aromatic N) is 4. The quantitative estimate of drug-likeness (QED) is 0.0870. The average molecular weight is 774 g/mol. The summed E-state index contributed by atoms with van der Waals surface area (Å²) in [5.41, 5.74) is 1.55. The van der Waals surface area contributed by atoms with Gasteiger partial charge in [0, 0.05) is 57.0 Å². The van der Waals surface area contributed by atoms with Crippen molar-refractivity contribution in [2.75, 3.05) is 59.4 Å². The Kier molecular flexibility index (Phi) is 18.2. The minimum absolute atomic E-state index is 0.0144. The molecule has 1 aromatic rings. The summed E-state index contributed by atoms with van der Waals surface area (Å²) in [4.78, 5) is 107. The second-order valence-electron chi connectivity index (χ2n) is 14.5. The van der Waals surface area contributed by atoms with Crippen LogP contribution in [-0.2, 0) is 38.4 Å². The maximum atomic E-state index is 13.4. The molecular formula is C38H55N5O12. The van der Waals surface area contributed by atoms with Crippen LogP contribution in [0, 0.1) is 24.7 Å². The molecule has 17 nitrogen and oxygen atoms in total. The fourth-order valence-corrected chi connectivity index (χ4v) is 6.82. The predicted octanol–water partition coefficient (Wildman–Crippen LogP) is 2.02. The van der Waals surface area contributed by atoms with E-state index in [0.717, 1.165) is 5.56 Å². The molecule has 1 aliphatic carbocycles. The molecule has 1 atom stereocenters. The first-order valence-corrected chi connectivity index (χ1v) is 18.9. The molecule has 1 saturated carbocycles. The standard InChI is InChI=1S/C38H55N5O12/c1-26-7-5-9-30(23-26)35(50)39-17-4-3-8-28(37(52)53)10-6-18-41(24-33(46)47)21-19-40(2)20-22-42(25-34(48)49)36(51)27-11-13-29(14-12-27)38(54)55-43-31(44)15-16-32(43)45/h5,7,9,23,27-29H,3-4,6,8,10-22,24-25H2,1-2H3,(H,39,50)(H,46,47)(H,48,49)(H,52,53)/t27?,28-,29?/m0/s1. The molecule has 55 heavy (non-hydrogen) atoms. The van der Waals surface area contributed by atoms with Crippen molar-refractivity contribution >= 4 is 47.5 Å². The normalized spacial score (nSPS) is 17.6. The van der Waals surface area contributed by atoms with Gasteiger partial charge in [-0.3, -0.25) is 38.5 Å². The Labute approximate surface area is 320 Å². The summed E-state index contributed by atoms with van der Waals surface area (Å²) in [6, 6.07) is 7.25. The van der Waals surface area contributed by atoms with Crippen LogP contribution in [0.4, 0.5) is 0 Å². The molecule has 304 valence electrons. The van der Waals surface area contributed by atoms with Gasteiger partial charge in [-0.2, -0.15) is 0 Å². The Morgan fingerprint density at radius 3 is 2.05 bits per heavy atom. The topological polar surface area (TPSA) is 231 Å². The number of amides is 4. The molecule has 4 N–H and O–H groups in total. The molecule has 2 aliphatic rings. The number of benzene rings is 1. The summed E-state index contributed by atoms with van der Waals surface area (Å²) in [5.74, 6) is -7.19. The number of carbonyl (C=O) groups excluding carboxylic acids is 5. The minimum atomic E-state index is -1.18. The van der Waals surface area contributed by atoms with Crippen molar-refractivity contribution in [2.24, 2.45) is 17.8 Å². The van der Waals surface area contributed by atoms with E-state index in [1.165, 1.54) is 4.90 Å². The van der Waals surface area contributed by atoms with Crippen LogP contribution in [0.1, 0.15) is 86.6 Å². The van der Waals surface area contributed by atoms with E-state index in [4.69, 9.17) is 4.84 Å². The molecule has 1 heterocycles. The van der Waals surface area contributed by atoms with Crippen LogP contribution in [0.5, 0.6) is 0 Å². The smallest absolute Gasteiger partial charge is 0.336 e. The average Bonchev–Trinajstić information content (AvgIpc) is 3.45. The van der Waals surface area contributed by atoms with Crippen LogP contribution in [-0.4, -0.2) is 142 Å². The van der Waals surface area contributed by atoms with Gasteiger partial charge in [-0.05, 0) is 84.0 Å². The molecule has 1 aromatic carbocycles. The summed E-state index contributed by atoms with van der Waals surface area (Å²) < 4.78 is 0. The van der Waals surface area contributed by atoms with Gasteiger partial charge in [0.25, 0.3) is 17.7 Å². The number of likely N-dealkylation sites (N-methyl/N-ethyl adjacent to an activating group) is 1. The fourth-order valence-electron chi connectivity index (χ4n) is 6.82. The van der Waals surface area contributed by atoms with E-state index in [-0.39, 0.29) is 50.6 Å². The fraction of sp³-hybridized carbons (Fsp3) is 0.632. The molecule has 3 rings (SSSR count). The van der Waals surface area contributed by atoms with Crippen molar-refractivity contribution in [1.29, 1.82) is 0 Å². The number of carbonyl (C=O) groups is 8. The maximum absolute atomic E-state index is 13.4. The number of hydrogen-bond donors (Lipinski definition) is 4. The molecule has 2 fully saturated rings. The number of carboxylic acid groups (broad SMARTS) is 3. The van der Waals surface area contributed by atoms with Gasteiger partial charge >= 0.3 is 23.9 Å². The van der Waals surface area contributed by atoms with Crippen LogP contribution >= 0.6 is 0 Å². The first kappa shape index (κ1) is 44.5. The van der Waals surface area contributed by atoms with Crippen molar-refractivity contribution < 1.29 is 58.5 Å². The third-order valence-corrected chi connectivity index (χ3v) is 10.1. The molecule has 4 amide bonds. The van der Waals surface area contributed by atoms with Gasteiger partial charge in [0.1, 0.15) is 6.54 Å². The number of aliphatic carboxylic acids is 3. The first-order valence-electron chi connectivity index (χ1n) is 18.9. The highest BCUT2D eigenvalue weighted by Gasteiger charge is 2.38. The van der Waals surface area contributed by atoms with E-state index in [0.29, 0.717) is 88.3 Å². The van der Waals surface area contributed by atoms with Gasteiger partial charge in [-0.15, -0.1) is 5.06 Å². The molecule has 0 aromatic heterocycles. The van der Waals surface area contributed by atoms with E-state index in [9.17, 15) is 53.7 Å². The van der Waals surface area contributed by atoms with Crippen molar-refractivity contribution in [3.63, 3.8) is 0 Å². The minimum Gasteiger partial charge on any atom is -0.481 e. The summed E-state index contributed by atoms with van der Waals surface area (Å²) in [6.45, 7) is 3.13. The molecule has 17 heteroatoms. The number of carboxylic acids is 3. The van der Waals surface area contributed by atoms with Crippen molar-refractivity contribution in [2.45, 2.75) is 77.6 Å². The van der Waals surface area contributed by atoms with Crippen LogP contribution in [0.3, 0.4) is 0 Å². The highest BCUT2D eigenvalue weighted by molar-refractivity contribution is 6.01. The zero-order valence-corrected chi connectivity index (χ0v) is 31.8. The molecular weight excluding hydrogens is 718 g/mol. The lowest BCUT2D eigenvalue weighted by Crippen LogP contribution is -2.45. The summed E-state index contributed by atoms with van der Waals surface area (Å²) in [6.07, 6.45) is 3.66. The number of hydroxylamine groups is 2. The second kappa shape index (κ2) is 22.5. The van der Waals surface area contributed by atoms with Crippen LogP contribution in [0.2, 0.25) is 0 Å². The van der Waals surface area contributed by atoms with E-state index in [1.807, 2.05) is 24.0 Å². The van der Waals surface area contributed by atoms with Crippen LogP contribution in [0.25, 0.3) is 0 Å². The van der Waals surface area contributed by atoms with Gasteiger partial charge in [0.2, 0.25) is 5.91 Å². The number of hydrogen-bond acceptors (Lipinski definition) is 11. The van der Waals surface area contributed by atoms with Gasteiger partial charge in [0.15, 0.2) is 0 Å². The van der Waals surface area contributed by atoms with Crippen molar-refractivity contribution in [1.82, 2.24) is 25.1 Å². The highest BCUT2D eigenvalue weighted by Crippen LogP contribution is 2.31. The zero-order chi connectivity index (χ0) is 40.5. The lowest BCUT2D eigenvalue weighted by Gasteiger charge is -2.32. The third kappa shape index (κ3) is 15.4. The number of rotatable bonds is 24. The zero-order valence-electron chi connectivity index (χ0n) is 31.8. The molecule has 1 aliphatic heterocycles.